The number of hydrogen-bond acceptors (Lipinski definition) is 7. The molecule has 2 fully saturated rings. The Morgan fingerprint density at radius 2 is 1.58 bits per heavy atom. The fraction of sp³-hybridized carbons (Fsp3) is 0.552. The average Bonchev–Trinajstić information content (AvgIpc) is 3.42. The van der Waals surface area contributed by atoms with Crippen molar-refractivity contribution >= 4 is 11.5 Å². The molecule has 36 heavy (non-hydrogen) atoms. The van der Waals surface area contributed by atoms with Gasteiger partial charge in [-0.15, -0.1) is 0 Å². The van der Waals surface area contributed by atoms with Crippen molar-refractivity contribution in [2.75, 3.05) is 57.6 Å². The van der Waals surface area contributed by atoms with Crippen LogP contribution in [0, 0.1) is 11.8 Å². The number of ketones is 1. The van der Waals surface area contributed by atoms with Crippen LogP contribution in [0.1, 0.15) is 48.9 Å². The van der Waals surface area contributed by atoms with Gasteiger partial charge < -0.3 is 23.8 Å². The number of carbonyl (C=O) groups excluding carboxylic acids is 1. The number of fused-ring (bicyclic) bond motifs is 2. The molecule has 1 saturated carbocycles. The standard InChI is InChI=1S/C29H36N2O5/c32-25(23-8-9-26-28(19-23)34-17-16-33-26)18-22-6-4-21(5-7-22)10-11-30-12-14-31(15-13-30)24-2-1-3-27-29(24)36-20-35-27/h1-3,8-9,19,21-22H,4-7,10-18,20H2. The Bertz CT molecular complexity index is 1070. The van der Waals surface area contributed by atoms with E-state index < -0.39 is 0 Å². The van der Waals surface area contributed by atoms with Crippen LogP contribution in [-0.4, -0.2) is 63.4 Å². The van der Waals surface area contributed by atoms with Gasteiger partial charge in [-0.3, -0.25) is 9.69 Å². The molecule has 3 heterocycles. The maximum absolute atomic E-state index is 12.9. The normalized spacial score (nSPS) is 23.5. The molecular formula is C29H36N2O5. The van der Waals surface area contributed by atoms with Crippen molar-refractivity contribution in [3.63, 3.8) is 0 Å². The molecule has 0 aromatic heterocycles. The molecule has 7 heteroatoms. The zero-order valence-corrected chi connectivity index (χ0v) is 21.0. The molecular weight excluding hydrogens is 456 g/mol. The van der Waals surface area contributed by atoms with Crippen molar-refractivity contribution in [2.24, 2.45) is 11.8 Å². The Kier molecular flexibility index (Phi) is 6.90. The molecule has 1 saturated heterocycles. The van der Waals surface area contributed by atoms with Gasteiger partial charge in [-0.25, -0.2) is 0 Å². The topological polar surface area (TPSA) is 60.5 Å². The molecule has 6 rings (SSSR count). The molecule has 0 bridgehead atoms. The molecule has 0 amide bonds. The highest BCUT2D eigenvalue weighted by Gasteiger charge is 2.27. The minimum atomic E-state index is 0.231. The van der Waals surface area contributed by atoms with Gasteiger partial charge >= 0.3 is 0 Å². The number of carbonyl (C=O) groups is 1. The van der Waals surface area contributed by atoms with Crippen molar-refractivity contribution in [3.05, 3.63) is 42.0 Å². The van der Waals surface area contributed by atoms with Gasteiger partial charge in [-0.2, -0.15) is 0 Å². The summed E-state index contributed by atoms with van der Waals surface area (Å²) in [7, 11) is 0. The van der Waals surface area contributed by atoms with Crippen molar-refractivity contribution in [1.82, 2.24) is 4.90 Å². The molecule has 1 aliphatic carbocycles. The number of rotatable bonds is 7. The molecule has 0 atom stereocenters. The number of nitrogens with zero attached hydrogens (tertiary/aromatic N) is 2. The first-order valence-corrected chi connectivity index (χ1v) is 13.5. The van der Waals surface area contributed by atoms with Crippen LogP contribution < -0.4 is 23.8 Å². The number of hydrogen-bond donors (Lipinski definition) is 0. The molecule has 0 radical (unpaired) electrons. The van der Waals surface area contributed by atoms with E-state index in [9.17, 15) is 4.79 Å². The zero-order chi connectivity index (χ0) is 24.3. The third-order valence-electron chi connectivity index (χ3n) is 8.25. The van der Waals surface area contributed by atoms with Crippen molar-refractivity contribution in [2.45, 2.75) is 38.5 Å². The van der Waals surface area contributed by atoms with E-state index in [2.05, 4.69) is 21.9 Å². The molecule has 2 aromatic rings. The van der Waals surface area contributed by atoms with E-state index in [0.29, 0.717) is 38.1 Å². The highest BCUT2D eigenvalue weighted by atomic mass is 16.7. The highest BCUT2D eigenvalue weighted by Crippen LogP contribution is 2.41. The van der Waals surface area contributed by atoms with Gasteiger partial charge in [0.2, 0.25) is 6.79 Å². The van der Waals surface area contributed by atoms with Crippen molar-refractivity contribution < 1.29 is 23.7 Å². The first-order valence-electron chi connectivity index (χ1n) is 13.5. The Hall–Kier alpha value is -2.93. The average molecular weight is 493 g/mol. The number of anilines is 1. The molecule has 0 N–H and O–H groups in total. The third-order valence-corrected chi connectivity index (χ3v) is 8.25. The van der Waals surface area contributed by atoms with Gasteiger partial charge in [0.25, 0.3) is 0 Å². The van der Waals surface area contributed by atoms with Gasteiger partial charge in [-0.05, 0) is 68.0 Å². The highest BCUT2D eigenvalue weighted by molar-refractivity contribution is 5.96. The SMILES string of the molecule is O=C(CC1CCC(CCN2CCN(c3cccc4c3OCO4)CC2)CC1)c1ccc2c(c1)OCCO2. The summed E-state index contributed by atoms with van der Waals surface area (Å²) in [6, 6.07) is 11.8. The fourth-order valence-electron chi connectivity index (χ4n) is 6.06. The molecule has 7 nitrogen and oxygen atoms in total. The maximum Gasteiger partial charge on any atom is 0.231 e. The second kappa shape index (κ2) is 10.6. The van der Waals surface area contributed by atoms with Crippen LogP contribution in [0.2, 0.25) is 0 Å². The van der Waals surface area contributed by atoms with E-state index in [4.69, 9.17) is 18.9 Å². The zero-order valence-electron chi connectivity index (χ0n) is 21.0. The maximum atomic E-state index is 12.9. The molecule has 192 valence electrons. The van der Waals surface area contributed by atoms with Crippen LogP contribution in [0.25, 0.3) is 0 Å². The van der Waals surface area contributed by atoms with E-state index >= 15 is 0 Å². The van der Waals surface area contributed by atoms with E-state index in [1.165, 1.54) is 25.8 Å². The van der Waals surface area contributed by atoms with E-state index in [1.807, 2.05) is 24.3 Å². The summed E-state index contributed by atoms with van der Waals surface area (Å²) in [5, 5.41) is 0. The van der Waals surface area contributed by atoms with E-state index in [-0.39, 0.29) is 5.78 Å². The smallest absolute Gasteiger partial charge is 0.231 e. The minimum Gasteiger partial charge on any atom is -0.486 e. The third kappa shape index (κ3) is 5.12. The van der Waals surface area contributed by atoms with Gasteiger partial charge in [0.15, 0.2) is 28.8 Å². The number of Topliss-reactive ketones (excluding diaryl/α,β-unsaturated/α-hetero) is 1. The summed E-state index contributed by atoms with van der Waals surface area (Å²) in [5.41, 5.74) is 1.91. The van der Waals surface area contributed by atoms with Gasteiger partial charge in [-0.1, -0.05) is 18.9 Å². The lowest BCUT2D eigenvalue weighted by Gasteiger charge is -2.37. The Labute approximate surface area is 213 Å². The van der Waals surface area contributed by atoms with Crippen molar-refractivity contribution in [3.8, 4) is 23.0 Å². The first-order chi connectivity index (χ1) is 17.7. The summed E-state index contributed by atoms with van der Waals surface area (Å²) < 4.78 is 22.5. The number of benzene rings is 2. The summed E-state index contributed by atoms with van der Waals surface area (Å²) in [5.74, 6) is 4.72. The summed E-state index contributed by atoms with van der Waals surface area (Å²) in [6.07, 6.45) is 6.72. The second-order valence-electron chi connectivity index (χ2n) is 10.5. The largest absolute Gasteiger partial charge is 0.486 e. The molecule has 0 spiro atoms. The fourth-order valence-corrected chi connectivity index (χ4v) is 6.06. The van der Waals surface area contributed by atoms with Gasteiger partial charge in [0, 0.05) is 38.2 Å². The summed E-state index contributed by atoms with van der Waals surface area (Å²) >= 11 is 0. The number of para-hydroxylation sites is 1. The Morgan fingerprint density at radius 1 is 0.806 bits per heavy atom. The van der Waals surface area contributed by atoms with Crippen LogP contribution in [-0.2, 0) is 0 Å². The van der Waals surface area contributed by atoms with Crippen LogP contribution in [0.5, 0.6) is 23.0 Å². The van der Waals surface area contributed by atoms with Gasteiger partial charge in [0.1, 0.15) is 13.2 Å². The van der Waals surface area contributed by atoms with Gasteiger partial charge in [0.05, 0.1) is 5.69 Å². The lowest BCUT2D eigenvalue weighted by molar-refractivity contribution is 0.0938. The minimum absolute atomic E-state index is 0.231. The molecule has 3 aliphatic heterocycles. The molecule has 4 aliphatic rings. The lowest BCUT2D eigenvalue weighted by atomic mass is 9.78. The van der Waals surface area contributed by atoms with Crippen LogP contribution in [0.15, 0.2) is 36.4 Å². The second-order valence-corrected chi connectivity index (χ2v) is 10.5. The Morgan fingerprint density at radius 3 is 2.42 bits per heavy atom. The van der Waals surface area contributed by atoms with Crippen LogP contribution in [0.4, 0.5) is 5.69 Å². The predicted molar refractivity (Wildman–Crippen MR) is 138 cm³/mol. The lowest BCUT2D eigenvalue weighted by Crippen LogP contribution is -2.47. The summed E-state index contributed by atoms with van der Waals surface area (Å²) in [4.78, 5) is 17.9. The van der Waals surface area contributed by atoms with Crippen molar-refractivity contribution in [1.29, 1.82) is 0 Å². The quantitative estimate of drug-likeness (QED) is 0.516. The van der Waals surface area contributed by atoms with E-state index in [1.54, 1.807) is 0 Å². The first kappa shape index (κ1) is 23.5. The molecule has 0 unspecified atom stereocenters. The van der Waals surface area contributed by atoms with E-state index in [0.717, 1.165) is 73.4 Å². The molecule has 2 aromatic carbocycles. The predicted octanol–water partition coefficient (Wildman–Crippen LogP) is 4.78. The number of piperazine rings is 1. The Balaban J connectivity index is 0.918. The van der Waals surface area contributed by atoms with Crippen LogP contribution >= 0.6 is 0 Å². The number of ether oxygens (including phenoxy) is 4. The monoisotopic (exact) mass is 492 g/mol. The summed E-state index contributed by atoms with van der Waals surface area (Å²) in [6.45, 7) is 6.83. The van der Waals surface area contributed by atoms with Crippen LogP contribution in [0.3, 0.4) is 0 Å².